The molecular formula is C16H14N2O3. The normalized spacial score (nSPS) is 9.67. The van der Waals surface area contributed by atoms with E-state index in [2.05, 4.69) is 4.98 Å². The Hall–Kier alpha value is -2.87. The van der Waals surface area contributed by atoms with E-state index in [1.54, 1.807) is 48.8 Å². The molecule has 0 aliphatic carbocycles. The zero-order chi connectivity index (χ0) is 14.9. The summed E-state index contributed by atoms with van der Waals surface area (Å²) in [5.74, 6) is 0.203. The van der Waals surface area contributed by atoms with Gasteiger partial charge in [0, 0.05) is 6.20 Å². The second-order valence-electron chi connectivity index (χ2n) is 4.21. The number of pyridine rings is 1. The van der Waals surface area contributed by atoms with E-state index in [-0.39, 0.29) is 19.6 Å². The lowest BCUT2D eigenvalue weighted by Gasteiger charge is -2.07. The first-order valence-electron chi connectivity index (χ1n) is 6.45. The smallest absolute Gasteiger partial charge is 0.338 e. The summed E-state index contributed by atoms with van der Waals surface area (Å²) in [4.78, 5) is 15.8. The first-order chi connectivity index (χ1) is 10.3. The van der Waals surface area contributed by atoms with E-state index in [1.165, 1.54) is 0 Å². The van der Waals surface area contributed by atoms with Gasteiger partial charge in [0.15, 0.2) is 0 Å². The van der Waals surface area contributed by atoms with Gasteiger partial charge in [0.2, 0.25) is 0 Å². The van der Waals surface area contributed by atoms with Crippen LogP contribution in [-0.4, -0.2) is 24.2 Å². The molecule has 0 saturated heterocycles. The Labute approximate surface area is 122 Å². The third kappa shape index (κ3) is 4.62. The molecule has 0 saturated carbocycles. The van der Waals surface area contributed by atoms with Gasteiger partial charge in [-0.2, -0.15) is 5.26 Å². The highest BCUT2D eigenvalue weighted by Crippen LogP contribution is 2.08. The van der Waals surface area contributed by atoms with Crippen molar-refractivity contribution in [3.63, 3.8) is 0 Å². The van der Waals surface area contributed by atoms with Gasteiger partial charge in [-0.05, 0) is 29.8 Å². The summed E-state index contributed by atoms with van der Waals surface area (Å²) in [5, 5.41) is 8.64. The van der Waals surface area contributed by atoms with Gasteiger partial charge < -0.3 is 9.47 Å². The second kappa shape index (κ2) is 7.65. The molecule has 0 N–H and O–H groups in total. The van der Waals surface area contributed by atoms with E-state index in [0.29, 0.717) is 11.3 Å². The Bertz CT molecular complexity index is 635. The number of esters is 1. The molecule has 0 fully saturated rings. The first kappa shape index (κ1) is 14.5. The summed E-state index contributed by atoms with van der Waals surface area (Å²) >= 11 is 0. The van der Waals surface area contributed by atoms with E-state index in [0.717, 1.165) is 5.56 Å². The number of ether oxygens (including phenoxy) is 2. The van der Waals surface area contributed by atoms with E-state index >= 15 is 0 Å². The van der Waals surface area contributed by atoms with Crippen LogP contribution in [0.3, 0.4) is 0 Å². The molecular weight excluding hydrogens is 268 g/mol. The molecule has 0 spiro atoms. The quantitative estimate of drug-likeness (QED) is 0.601. The lowest BCUT2D eigenvalue weighted by Crippen LogP contribution is -2.12. The molecule has 0 radical (unpaired) electrons. The highest BCUT2D eigenvalue weighted by molar-refractivity contribution is 5.89. The maximum absolute atomic E-state index is 11.8. The number of aromatic nitrogens is 1. The molecule has 0 amide bonds. The van der Waals surface area contributed by atoms with Crippen molar-refractivity contribution in [1.82, 2.24) is 4.98 Å². The van der Waals surface area contributed by atoms with Crippen LogP contribution in [0.1, 0.15) is 15.9 Å². The van der Waals surface area contributed by atoms with Crippen molar-refractivity contribution in [2.24, 2.45) is 0 Å². The Morgan fingerprint density at radius 3 is 2.90 bits per heavy atom. The molecule has 21 heavy (non-hydrogen) atoms. The van der Waals surface area contributed by atoms with Gasteiger partial charge in [-0.25, -0.2) is 4.79 Å². The zero-order valence-electron chi connectivity index (χ0n) is 11.4. The summed E-state index contributed by atoms with van der Waals surface area (Å²) in [5.41, 5.74) is 1.22. The Kier molecular flexibility index (Phi) is 5.30. The highest BCUT2D eigenvalue weighted by atomic mass is 16.6. The van der Waals surface area contributed by atoms with Crippen molar-refractivity contribution in [2.45, 2.75) is 6.42 Å². The van der Waals surface area contributed by atoms with Crippen molar-refractivity contribution < 1.29 is 14.3 Å². The summed E-state index contributed by atoms with van der Waals surface area (Å²) in [7, 11) is 0. The van der Waals surface area contributed by atoms with Crippen molar-refractivity contribution >= 4 is 5.97 Å². The Morgan fingerprint density at radius 2 is 2.14 bits per heavy atom. The summed E-state index contributed by atoms with van der Waals surface area (Å²) in [6, 6.07) is 12.4. The molecule has 1 aromatic heterocycles. The van der Waals surface area contributed by atoms with Gasteiger partial charge in [0.05, 0.1) is 24.3 Å². The third-order valence-electron chi connectivity index (χ3n) is 2.67. The predicted octanol–water partition coefficient (Wildman–Crippen LogP) is 2.38. The minimum atomic E-state index is -0.426. The summed E-state index contributed by atoms with van der Waals surface area (Å²) in [6.45, 7) is 0.408. The minimum Gasteiger partial charge on any atom is -0.488 e. The topological polar surface area (TPSA) is 72.2 Å². The van der Waals surface area contributed by atoms with Crippen LogP contribution in [0.2, 0.25) is 0 Å². The SMILES string of the molecule is N#CCc1cccc(C(=O)OCCOc2cccnc2)c1. The van der Waals surface area contributed by atoms with Gasteiger partial charge >= 0.3 is 5.97 Å². The summed E-state index contributed by atoms with van der Waals surface area (Å²) < 4.78 is 10.5. The van der Waals surface area contributed by atoms with Crippen LogP contribution in [0.5, 0.6) is 5.75 Å². The maximum Gasteiger partial charge on any atom is 0.338 e. The second-order valence-corrected chi connectivity index (χ2v) is 4.21. The molecule has 0 atom stereocenters. The van der Waals surface area contributed by atoms with Crippen molar-refractivity contribution in [3.8, 4) is 11.8 Å². The van der Waals surface area contributed by atoms with Crippen molar-refractivity contribution in [3.05, 3.63) is 59.9 Å². The predicted molar refractivity (Wildman–Crippen MR) is 75.8 cm³/mol. The minimum absolute atomic E-state index is 0.149. The van der Waals surface area contributed by atoms with Gasteiger partial charge in [0.1, 0.15) is 19.0 Å². The van der Waals surface area contributed by atoms with E-state index < -0.39 is 5.97 Å². The van der Waals surface area contributed by atoms with Crippen LogP contribution in [0, 0.1) is 11.3 Å². The van der Waals surface area contributed by atoms with Crippen molar-refractivity contribution in [1.29, 1.82) is 5.26 Å². The lowest BCUT2D eigenvalue weighted by molar-refractivity contribution is 0.0450. The van der Waals surface area contributed by atoms with Gasteiger partial charge in [0.25, 0.3) is 0 Å². The molecule has 5 heteroatoms. The van der Waals surface area contributed by atoms with E-state index in [1.807, 2.05) is 6.07 Å². The number of carbonyl (C=O) groups is 1. The Balaban J connectivity index is 1.79. The number of hydrogen-bond acceptors (Lipinski definition) is 5. The molecule has 2 aromatic rings. The van der Waals surface area contributed by atoms with E-state index in [4.69, 9.17) is 14.7 Å². The number of nitrogens with zero attached hydrogens (tertiary/aromatic N) is 2. The fourth-order valence-electron chi connectivity index (χ4n) is 1.71. The molecule has 0 bridgehead atoms. The fraction of sp³-hybridized carbons (Fsp3) is 0.188. The van der Waals surface area contributed by atoms with Gasteiger partial charge in [-0.1, -0.05) is 12.1 Å². The van der Waals surface area contributed by atoms with E-state index in [9.17, 15) is 4.79 Å². The standard InChI is InChI=1S/C16H14N2O3/c17-7-6-13-3-1-4-14(11-13)16(19)21-10-9-20-15-5-2-8-18-12-15/h1-5,8,11-12H,6,9-10H2. The van der Waals surface area contributed by atoms with Gasteiger partial charge in [-0.15, -0.1) is 0 Å². The zero-order valence-corrected chi connectivity index (χ0v) is 11.4. The maximum atomic E-state index is 11.8. The molecule has 0 aliphatic heterocycles. The molecule has 0 aliphatic rings. The molecule has 0 unspecified atom stereocenters. The fourth-order valence-corrected chi connectivity index (χ4v) is 1.71. The number of carbonyl (C=O) groups excluding carboxylic acids is 1. The van der Waals surface area contributed by atoms with Crippen LogP contribution in [0.4, 0.5) is 0 Å². The monoisotopic (exact) mass is 282 g/mol. The molecule has 2 rings (SSSR count). The highest BCUT2D eigenvalue weighted by Gasteiger charge is 2.07. The molecule has 1 aromatic carbocycles. The molecule has 1 heterocycles. The average molecular weight is 282 g/mol. The number of benzene rings is 1. The van der Waals surface area contributed by atoms with Crippen LogP contribution < -0.4 is 4.74 Å². The number of nitriles is 1. The van der Waals surface area contributed by atoms with Crippen molar-refractivity contribution in [2.75, 3.05) is 13.2 Å². The third-order valence-corrected chi connectivity index (χ3v) is 2.67. The van der Waals surface area contributed by atoms with Crippen LogP contribution in [0.15, 0.2) is 48.8 Å². The number of rotatable bonds is 6. The molecule has 5 nitrogen and oxygen atoms in total. The first-order valence-corrected chi connectivity index (χ1v) is 6.45. The average Bonchev–Trinajstić information content (AvgIpc) is 2.53. The van der Waals surface area contributed by atoms with Crippen LogP contribution >= 0.6 is 0 Å². The number of hydrogen-bond donors (Lipinski definition) is 0. The molecule has 106 valence electrons. The lowest BCUT2D eigenvalue weighted by atomic mass is 10.1. The van der Waals surface area contributed by atoms with Crippen LogP contribution in [0.25, 0.3) is 0 Å². The Morgan fingerprint density at radius 1 is 1.24 bits per heavy atom. The summed E-state index contributed by atoms with van der Waals surface area (Å²) in [6.07, 6.45) is 3.51. The van der Waals surface area contributed by atoms with Gasteiger partial charge in [-0.3, -0.25) is 4.98 Å². The van der Waals surface area contributed by atoms with Crippen LogP contribution in [-0.2, 0) is 11.2 Å². The largest absolute Gasteiger partial charge is 0.488 e.